The zero-order valence-electron chi connectivity index (χ0n) is 6.33. The van der Waals surface area contributed by atoms with Crippen LogP contribution < -0.4 is 4.74 Å². The van der Waals surface area contributed by atoms with Crippen LogP contribution in [-0.2, 0) is 0 Å². The fourth-order valence-electron chi connectivity index (χ4n) is 0.707. The molecule has 0 N–H and O–H groups in total. The van der Waals surface area contributed by atoms with Gasteiger partial charge in [0.1, 0.15) is 11.6 Å². The molecular formula is C7H2BrF4IO. The molecule has 0 aliphatic rings. The van der Waals surface area contributed by atoms with Gasteiger partial charge in [-0.25, -0.2) is 4.39 Å². The molecule has 0 aromatic heterocycles. The lowest BCUT2D eigenvalue weighted by Crippen LogP contribution is -2.17. The second-order valence-electron chi connectivity index (χ2n) is 2.24. The minimum Gasteiger partial charge on any atom is -0.405 e. The number of ether oxygens (including phenoxy) is 1. The van der Waals surface area contributed by atoms with Crippen molar-refractivity contribution < 1.29 is 22.3 Å². The Balaban J connectivity index is 3.04. The average Bonchev–Trinajstić information content (AvgIpc) is 1.97. The molecule has 0 radical (unpaired) electrons. The molecule has 0 aliphatic carbocycles. The smallest absolute Gasteiger partial charge is 0.405 e. The lowest BCUT2D eigenvalue weighted by molar-refractivity contribution is -0.275. The van der Waals surface area contributed by atoms with Gasteiger partial charge in [-0.2, -0.15) is 0 Å². The second kappa shape index (κ2) is 4.21. The third-order valence-corrected chi connectivity index (χ3v) is 2.65. The summed E-state index contributed by atoms with van der Waals surface area (Å²) in [6.45, 7) is 0. The molecule has 0 fully saturated rings. The first-order chi connectivity index (χ1) is 6.29. The summed E-state index contributed by atoms with van der Waals surface area (Å²) in [6, 6.07) is 1.89. The Morgan fingerprint density at radius 2 is 1.86 bits per heavy atom. The van der Waals surface area contributed by atoms with Crippen LogP contribution in [0.4, 0.5) is 17.6 Å². The topological polar surface area (TPSA) is 9.23 Å². The summed E-state index contributed by atoms with van der Waals surface area (Å²) in [5.41, 5.74) is 0. The monoisotopic (exact) mass is 384 g/mol. The van der Waals surface area contributed by atoms with Crippen LogP contribution in [0.15, 0.2) is 16.6 Å². The summed E-state index contributed by atoms with van der Waals surface area (Å²) in [6.07, 6.45) is -4.77. The van der Waals surface area contributed by atoms with Crippen LogP contribution in [0.1, 0.15) is 0 Å². The van der Waals surface area contributed by atoms with Crippen LogP contribution in [0.5, 0.6) is 5.75 Å². The van der Waals surface area contributed by atoms with E-state index in [0.717, 1.165) is 12.1 Å². The van der Waals surface area contributed by atoms with Crippen molar-refractivity contribution in [3.8, 4) is 5.75 Å². The normalized spacial score (nSPS) is 11.6. The molecule has 14 heavy (non-hydrogen) atoms. The van der Waals surface area contributed by atoms with Gasteiger partial charge in [-0.05, 0) is 50.7 Å². The summed E-state index contributed by atoms with van der Waals surface area (Å²) in [5, 5.41) is 0. The summed E-state index contributed by atoms with van der Waals surface area (Å²) in [4.78, 5) is 0. The summed E-state index contributed by atoms with van der Waals surface area (Å²) in [5.74, 6) is -1.06. The van der Waals surface area contributed by atoms with Gasteiger partial charge < -0.3 is 4.74 Å². The number of rotatable bonds is 1. The quantitative estimate of drug-likeness (QED) is 0.402. The van der Waals surface area contributed by atoms with Crippen molar-refractivity contribution in [3.05, 3.63) is 26.0 Å². The molecule has 0 amide bonds. The Labute approximate surface area is 98.7 Å². The Kier molecular flexibility index (Phi) is 3.62. The van der Waals surface area contributed by atoms with Crippen molar-refractivity contribution >= 4 is 38.5 Å². The third kappa shape index (κ3) is 3.26. The highest BCUT2D eigenvalue weighted by Crippen LogP contribution is 2.31. The van der Waals surface area contributed by atoms with Crippen LogP contribution in [-0.4, -0.2) is 6.36 Å². The Morgan fingerprint density at radius 3 is 2.36 bits per heavy atom. The van der Waals surface area contributed by atoms with Gasteiger partial charge in [-0.15, -0.1) is 13.2 Å². The molecule has 1 nitrogen and oxygen atoms in total. The van der Waals surface area contributed by atoms with E-state index in [0.29, 0.717) is 0 Å². The molecule has 0 aliphatic heterocycles. The molecule has 0 spiro atoms. The van der Waals surface area contributed by atoms with Crippen LogP contribution in [0, 0.1) is 9.39 Å². The molecule has 1 aromatic rings. The van der Waals surface area contributed by atoms with Crippen molar-refractivity contribution in [2.24, 2.45) is 0 Å². The van der Waals surface area contributed by atoms with Crippen molar-refractivity contribution in [1.29, 1.82) is 0 Å². The Hall–Kier alpha value is -0.0500. The SMILES string of the molecule is Fc1cc(I)c(OC(F)(F)F)cc1Br. The van der Waals surface area contributed by atoms with Crippen molar-refractivity contribution in [2.45, 2.75) is 6.36 Å². The molecule has 0 saturated carbocycles. The van der Waals surface area contributed by atoms with Gasteiger partial charge >= 0.3 is 6.36 Å². The standard InChI is InChI=1S/C7H2BrF4IO/c8-3-1-6(14-7(10,11)12)5(13)2-4(3)9/h1-2H. The third-order valence-electron chi connectivity index (χ3n) is 1.20. The highest BCUT2D eigenvalue weighted by Gasteiger charge is 2.32. The lowest BCUT2D eigenvalue weighted by atomic mass is 10.3. The van der Waals surface area contributed by atoms with E-state index in [-0.39, 0.29) is 8.04 Å². The molecule has 78 valence electrons. The van der Waals surface area contributed by atoms with Crippen LogP contribution in [0.3, 0.4) is 0 Å². The first-order valence-corrected chi connectivity index (χ1v) is 5.07. The van der Waals surface area contributed by atoms with E-state index in [1.807, 2.05) is 0 Å². The van der Waals surface area contributed by atoms with Gasteiger partial charge in [0.15, 0.2) is 0 Å². The summed E-state index contributed by atoms with van der Waals surface area (Å²) in [7, 11) is 0. The Morgan fingerprint density at radius 1 is 1.29 bits per heavy atom. The van der Waals surface area contributed by atoms with Crippen molar-refractivity contribution in [3.63, 3.8) is 0 Å². The molecule has 7 heteroatoms. The van der Waals surface area contributed by atoms with E-state index in [1.165, 1.54) is 0 Å². The van der Waals surface area contributed by atoms with Crippen LogP contribution >= 0.6 is 38.5 Å². The molecule has 0 heterocycles. The highest BCUT2D eigenvalue weighted by atomic mass is 127. The number of alkyl halides is 3. The first-order valence-electron chi connectivity index (χ1n) is 3.20. The lowest BCUT2D eigenvalue weighted by Gasteiger charge is -2.10. The molecule has 1 rings (SSSR count). The molecule has 1 aromatic carbocycles. The fraction of sp³-hybridized carbons (Fsp3) is 0.143. The molecule has 0 saturated heterocycles. The van der Waals surface area contributed by atoms with E-state index in [4.69, 9.17) is 0 Å². The van der Waals surface area contributed by atoms with E-state index >= 15 is 0 Å². The molecule has 0 unspecified atom stereocenters. The summed E-state index contributed by atoms with van der Waals surface area (Å²) >= 11 is 4.32. The van der Waals surface area contributed by atoms with Gasteiger partial charge in [-0.3, -0.25) is 0 Å². The van der Waals surface area contributed by atoms with Gasteiger partial charge in [0.05, 0.1) is 8.04 Å². The minimum absolute atomic E-state index is 0.0561. The van der Waals surface area contributed by atoms with Gasteiger partial charge in [0, 0.05) is 0 Å². The van der Waals surface area contributed by atoms with E-state index in [1.54, 1.807) is 22.6 Å². The predicted octanol–water partition coefficient (Wildman–Crippen LogP) is 4.09. The van der Waals surface area contributed by atoms with Crippen LogP contribution in [0.2, 0.25) is 0 Å². The Bertz CT molecular complexity index is 352. The highest BCUT2D eigenvalue weighted by molar-refractivity contribution is 14.1. The maximum Gasteiger partial charge on any atom is 0.573 e. The largest absolute Gasteiger partial charge is 0.573 e. The van der Waals surface area contributed by atoms with Crippen LogP contribution in [0.25, 0.3) is 0 Å². The number of hydrogen-bond donors (Lipinski definition) is 0. The number of halogens is 6. The van der Waals surface area contributed by atoms with Gasteiger partial charge in [0.25, 0.3) is 0 Å². The molecule has 0 atom stereocenters. The van der Waals surface area contributed by atoms with E-state index in [9.17, 15) is 17.6 Å². The second-order valence-corrected chi connectivity index (χ2v) is 4.26. The predicted molar refractivity (Wildman–Crippen MR) is 53.5 cm³/mol. The molecule has 0 bridgehead atoms. The van der Waals surface area contributed by atoms with Crippen molar-refractivity contribution in [2.75, 3.05) is 0 Å². The fourth-order valence-corrected chi connectivity index (χ4v) is 1.57. The number of hydrogen-bond acceptors (Lipinski definition) is 1. The molecular weight excluding hydrogens is 383 g/mol. The van der Waals surface area contributed by atoms with E-state index < -0.39 is 17.9 Å². The average molecular weight is 385 g/mol. The maximum absolute atomic E-state index is 12.8. The van der Waals surface area contributed by atoms with Gasteiger partial charge in [-0.1, -0.05) is 0 Å². The maximum atomic E-state index is 12.8. The minimum atomic E-state index is -4.77. The number of benzene rings is 1. The summed E-state index contributed by atoms with van der Waals surface area (Å²) < 4.78 is 51.9. The zero-order chi connectivity index (χ0) is 10.9. The zero-order valence-corrected chi connectivity index (χ0v) is 10.1. The van der Waals surface area contributed by atoms with E-state index in [2.05, 4.69) is 20.7 Å². The van der Waals surface area contributed by atoms with Gasteiger partial charge in [0.2, 0.25) is 0 Å². The van der Waals surface area contributed by atoms with Crippen molar-refractivity contribution in [1.82, 2.24) is 0 Å². The first kappa shape index (κ1) is 12.0.